The number of nitro groups is 1. The largest absolute Gasteiger partial charge is 0.383 e. The van der Waals surface area contributed by atoms with Crippen LogP contribution in [0.3, 0.4) is 0 Å². The smallest absolute Gasteiger partial charge is 0.293 e. The van der Waals surface area contributed by atoms with Crippen LogP contribution in [-0.4, -0.2) is 37.8 Å². The molecule has 1 aromatic rings. The molecule has 0 heterocycles. The first-order valence-electron chi connectivity index (χ1n) is 5.84. The SMILES string of the molecule is CCN(CC)S(=O)(=O)c1ccc(NC)c([N+](=O)[O-])c1. The average Bonchev–Trinajstić information content (AvgIpc) is 2.38. The molecule has 8 heteroatoms. The van der Waals surface area contributed by atoms with Gasteiger partial charge < -0.3 is 5.32 Å². The second-order valence-corrected chi connectivity index (χ2v) is 5.71. The summed E-state index contributed by atoms with van der Waals surface area (Å²) in [6.07, 6.45) is 0. The molecule has 0 aliphatic carbocycles. The third-order valence-corrected chi connectivity index (χ3v) is 4.82. The predicted molar refractivity (Wildman–Crippen MR) is 72.7 cm³/mol. The van der Waals surface area contributed by atoms with Crippen molar-refractivity contribution in [3.05, 3.63) is 28.3 Å². The highest BCUT2D eigenvalue weighted by molar-refractivity contribution is 7.89. The van der Waals surface area contributed by atoms with E-state index in [0.29, 0.717) is 13.1 Å². The standard InChI is InChI=1S/C11H17N3O4S/c1-4-13(5-2)19(17,18)9-6-7-10(12-3)11(8-9)14(15)16/h6-8,12H,4-5H2,1-3H3. The summed E-state index contributed by atoms with van der Waals surface area (Å²) >= 11 is 0. The van der Waals surface area contributed by atoms with Gasteiger partial charge in [0.2, 0.25) is 10.0 Å². The molecule has 0 fully saturated rings. The summed E-state index contributed by atoms with van der Waals surface area (Å²) < 4.78 is 25.8. The highest BCUT2D eigenvalue weighted by atomic mass is 32.2. The second-order valence-electron chi connectivity index (χ2n) is 3.78. The van der Waals surface area contributed by atoms with E-state index in [1.807, 2.05) is 0 Å². The summed E-state index contributed by atoms with van der Waals surface area (Å²) in [4.78, 5) is 10.3. The monoisotopic (exact) mass is 287 g/mol. The first kappa shape index (κ1) is 15.4. The van der Waals surface area contributed by atoms with Crippen LogP contribution in [0.2, 0.25) is 0 Å². The summed E-state index contributed by atoms with van der Waals surface area (Å²) in [5.74, 6) is 0. The molecule has 0 aliphatic heterocycles. The molecule has 0 aromatic heterocycles. The zero-order valence-electron chi connectivity index (χ0n) is 11.1. The number of hydrogen-bond acceptors (Lipinski definition) is 5. The molecule has 1 rings (SSSR count). The van der Waals surface area contributed by atoms with Gasteiger partial charge in [-0.3, -0.25) is 10.1 Å². The van der Waals surface area contributed by atoms with Gasteiger partial charge in [0.05, 0.1) is 9.82 Å². The van der Waals surface area contributed by atoms with Gasteiger partial charge in [-0.05, 0) is 12.1 Å². The van der Waals surface area contributed by atoms with Gasteiger partial charge in [0.25, 0.3) is 5.69 Å². The first-order chi connectivity index (χ1) is 8.88. The Kier molecular flexibility index (Phi) is 4.84. The van der Waals surface area contributed by atoms with Crippen molar-refractivity contribution in [3.8, 4) is 0 Å². The maximum absolute atomic E-state index is 12.3. The minimum absolute atomic E-state index is 0.0677. The van der Waals surface area contributed by atoms with Crippen LogP contribution in [0.15, 0.2) is 23.1 Å². The van der Waals surface area contributed by atoms with Crippen LogP contribution in [0.25, 0.3) is 0 Å². The molecule has 1 N–H and O–H groups in total. The van der Waals surface area contributed by atoms with Gasteiger partial charge in [-0.25, -0.2) is 8.42 Å². The summed E-state index contributed by atoms with van der Waals surface area (Å²) in [5.41, 5.74) is 0.0271. The van der Waals surface area contributed by atoms with Crippen molar-refractivity contribution in [2.24, 2.45) is 0 Å². The maximum atomic E-state index is 12.3. The number of nitrogens with zero attached hydrogens (tertiary/aromatic N) is 2. The molecule has 0 unspecified atom stereocenters. The fraction of sp³-hybridized carbons (Fsp3) is 0.455. The maximum Gasteiger partial charge on any atom is 0.293 e. The Balaban J connectivity index is 3.37. The van der Waals surface area contributed by atoms with Gasteiger partial charge >= 0.3 is 0 Å². The topological polar surface area (TPSA) is 92.6 Å². The molecule has 0 amide bonds. The minimum Gasteiger partial charge on any atom is -0.383 e. The third kappa shape index (κ3) is 3.02. The normalized spacial score (nSPS) is 11.6. The Morgan fingerprint density at radius 2 is 1.89 bits per heavy atom. The van der Waals surface area contributed by atoms with Crippen LogP contribution >= 0.6 is 0 Å². The van der Waals surface area contributed by atoms with E-state index in [0.717, 1.165) is 6.07 Å². The Bertz CT molecular complexity index is 567. The van der Waals surface area contributed by atoms with Crippen molar-refractivity contribution in [1.82, 2.24) is 4.31 Å². The van der Waals surface area contributed by atoms with Gasteiger partial charge in [-0.2, -0.15) is 4.31 Å². The van der Waals surface area contributed by atoms with Gasteiger partial charge in [0.1, 0.15) is 5.69 Å². The lowest BCUT2D eigenvalue weighted by atomic mass is 10.3. The van der Waals surface area contributed by atoms with Crippen LogP contribution in [0.4, 0.5) is 11.4 Å². The highest BCUT2D eigenvalue weighted by Gasteiger charge is 2.25. The molecule has 7 nitrogen and oxygen atoms in total. The first-order valence-corrected chi connectivity index (χ1v) is 7.28. The molecular formula is C11H17N3O4S. The Labute approximate surface area is 112 Å². The summed E-state index contributed by atoms with van der Waals surface area (Å²) in [5, 5.41) is 13.6. The summed E-state index contributed by atoms with van der Waals surface area (Å²) in [7, 11) is -2.14. The fourth-order valence-electron chi connectivity index (χ4n) is 1.75. The number of nitrogens with one attached hydrogen (secondary N) is 1. The van der Waals surface area contributed by atoms with Gasteiger partial charge in [-0.1, -0.05) is 13.8 Å². The van der Waals surface area contributed by atoms with Gasteiger partial charge in [-0.15, -0.1) is 0 Å². The molecule has 0 atom stereocenters. The molecule has 0 saturated carbocycles. The molecule has 106 valence electrons. The number of hydrogen-bond donors (Lipinski definition) is 1. The van der Waals surface area contributed by atoms with Crippen molar-refractivity contribution in [2.75, 3.05) is 25.5 Å². The molecule has 0 aliphatic rings. The lowest BCUT2D eigenvalue weighted by Gasteiger charge is -2.18. The van der Waals surface area contributed by atoms with Crippen LogP contribution < -0.4 is 5.32 Å². The number of nitro benzene ring substituents is 1. The van der Waals surface area contributed by atoms with Crippen LogP contribution in [0.1, 0.15) is 13.8 Å². The number of rotatable bonds is 6. The second kappa shape index (κ2) is 5.98. The summed E-state index contributed by atoms with van der Waals surface area (Å²) in [6.45, 7) is 4.08. The number of sulfonamides is 1. The number of anilines is 1. The van der Waals surface area contributed by atoms with E-state index in [1.165, 1.54) is 16.4 Å². The number of benzene rings is 1. The highest BCUT2D eigenvalue weighted by Crippen LogP contribution is 2.28. The molecule has 19 heavy (non-hydrogen) atoms. The molecule has 0 saturated heterocycles. The molecule has 0 radical (unpaired) electrons. The molecular weight excluding hydrogens is 270 g/mol. The molecule has 1 aromatic carbocycles. The Morgan fingerprint density at radius 1 is 1.32 bits per heavy atom. The zero-order chi connectivity index (χ0) is 14.6. The third-order valence-electron chi connectivity index (χ3n) is 2.78. The van der Waals surface area contributed by atoms with E-state index < -0.39 is 14.9 Å². The molecule has 0 bridgehead atoms. The predicted octanol–water partition coefficient (Wildman–Crippen LogP) is 1.67. The van der Waals surface area contributed by atoms with E-state index in [2.05, 4.69) is 5.32 Å². The Morgan fingerprint density at radius 3 is 2.32 bits per heavy atom. The average molecular weight is 287 g/mol. The lowest BCUT2D eigenvalue weighted by molar-refractivity contribution is -0.384. The van der Waals surface area contributed by atoms with Crippen LogP contribution in [0.5, 0.6) is 0 Å². The van der Waals surface area contributed by atoms with Crippen molar-refractivity contribution in [1.29, 1.82) is 0 Å². The van der Waals surface area contributed by atoms with E-state index >= 15 is 0 Å². The van der Waals surface area contributed by atoms with Crippen molar-refractivity contribution in [2.45, 2.75) is 18.7 Å². The van der Waals surface area contributed by atoms with E-state index in [4.69, 9.17) is 0 Å². The van der Waals surface area contributed by atoms with Gasteiger partial charge in [0, 0.05) is 26.2 Å². The fourth-order valence-corrected chi connectivity index (χ4v) is 3.23. The molecule has 0 spiro atoms. The van der Waals surface area contributed by atoms with Crippen molar-refractivity contribution < 1.29 is 13.3 Å². The minimum atomic E-state index is -3.68. The summed E-state index contributed by atoms with van der Waals surface area (Å²) in [6, 6.07) is 3.85. The van der Waals surface area contributed by atoms with Crippen LogP contribution in [-0.2, 0) is 10.0 Å². The van der Waals surface area contributed by atoms with Crippen molar-refractivity contribution in [3.63, 3.8) is 0 Å². The van der Waals surface area contributed by atoms with E-state index in [-0.39, 0.29) is 16.3 Å². The quantitative estimate of drug-likeness (QED) is 0.634. The van der Waals surface area contributed by atoms with E-state index in [1.54, 1.807) is 20.9 Å². The van der Waals surface area contributed by atoms with Gasteiger partial charge in [0.15, 0.2) is 0 Å². The lowest BCUT2D eigenvalue weighted by Crippen LogP contribution is -2.30. The Hall–Kier alpha value is -1.67. The zero-order valence-corrected chi connectivity index (χ0v) is 11.9. The van der Waals surface area contributed by atoms with Crippen molar-refractivity contribution >= 4 is 21.4 Å². The van der Waals surface area contributed by atoms with E-state index in [9.17, 15) is 18.5 Å². The van der Waals surface area contributed by atoms with Crippen LogP contribution in [0, 0.1) is 10.1 Å².